The highest BCUT2D eigenvalue weighted by Gasteiger charge is 2.31. The summed E-state index contributed by atoms with van der Waals surface area (Å²) in [7, 11) is 0. The van der Waals surface area contributed by atoms with Crippen LogP contribution in [0.3, 0.4) is 0 Å². The summed E-state index contributed by atoms with van der Waals surface area (Å²) >= 11 is 0. The molecule has 3 N–H and O–H groups in total. The number of carbonyl (C=O) groups excluding carboxylic acids is 1. The molecule has 2 atom stereocenters. The molecule has 0 bridgehead atoms. The average Bonchev–Trinajstić information content (AvgIpc) is 3.41. The Morgan fingerprint density at radius 1 is 1.31 bits per heavy atom. The largest absolute Gasteiger partial charge is 0.373 e. The number of nitrogens with zero attached hydrogens (tertiary/aromatic N) is 3. The molecule has 8 nitrogen and oxygen atoms in total. The van der Waals surface area contributed by atoms with Crippen LogP contribution in [0.1, 0.15) is 53.6 Å². The van der Waals surface area contributed by atoms with Crippen LogP contribution in [-0.4, -0.2) is 51.7 Å². The van der Waals surface area contributed by atoms with Gasteiger partial charge in [-0.05, 0) is 30.2 Å². The second-order valence-electron chi connectivity index (χ2n) is 9.50. The van der Waals surface area contributed by atoms with E-state index in [1.165, 1.54) is 0 Å². The zero-order valence-corrected chi connectivity index (χ0v) is 18.6. The lowest BCUT2D eigenvalue weighted by Crippen LogP contribution is -2.43. The van der Waals surface area contributed by atoms with E-state index in [-0.39, 0.29) is 23.5 Å². The number of carbonyl (C=O) groups is 1. The topological polar surface area (TPSA) is 96.9 Å². The fourth-order valence-corrected chi connectivity index (χ4v) is 4.76. The molecule has 1 unspecified atom stereocenters. The van der Waals surface area contributed by atoms with Crippen LogP contribution in [0.2, 0.25) is 0 Å². The molecule has 3 heterocycles. The number of hydrogen-bond acceptors (Lipinski definition) is 5. The van der Waals surface area contributed by atoms with E-state index < -0.39 is 0 Å². The summed E-state index contributed by atoms with van der Waals surface area (Å²) in [6.45, 7) is 6.76. The number of hydrogen-bond donors (Lipinski definition) is 3. The van der Waals surface area contributed by atoms with Gasteiger partial charge < -0.3 is 15.4 Å². The smallest absolute Gasteiger partial charge is 0.276 e. The summed E-state index contributed by atoms with van der Waals surface area (Å²) in [5.74, 6) is -0.200. The minimum Gasteiger partial charge on any atom is -0.373 e. The normalized spacial score (nSPS) is 21.0. The Balaban J connectivity index is 1.36. The summed E-state index contributed by atoms with van der Waals surface area (Å²) in [5.41, 5.74) is 4.60. The van der Waals surface area contributed by atoms with Gasteiger partial charge in [0.25, 0.3) is 5.91 Å². The highest BCUT2D eigenvalue weighted by molar-refractivity contribution is 6.03. The average molecular weight is 435 g/mol. The lowest BCUT2D eigenvalue weighted by atomic mass is 9.76. The van der Waals surface area contributed by atoms with Crippen molar-refractivity contribution in [1.29, 1.82) is 0 Å². The predicted molar refractivity (Wildman–Crippen MR) is 122 cm³/mol. The second-order valence-corrected chi connectivity index (χ2v) is 9.50. The van der Waals surface area contributed by atoms with Gasteiger partial charge in [-0.25, -0.2) is 0 Å². The van der Waals surface area contributed by atoms with Gasteiger partial charge in [0.1, 0.15) is 6.04 Å². The van der Waals surface area contributed by atoms with E-state index in [2.05, 4.69) is 51.9 Å². The van der Waals surface area contributed by atoms with Crippen LogP contribution in [0.15, 0.2) is 42.7 Å². The molecule has 8 heteroatoms. The Bertz CT molecular complexity index is 1080. The molecular weight excluding hydrogens is 404 g/mol. The number of rotatable bonds is 5. The maximum atomic E-state index is 13.0. The van der Waals surface area contributed by atoms with E-state index in [1.807, 2.05) is 29.1 Å². The summed E-state index contributed by atoms with van der Waals surface area (Å²) in [4.78, 5) is 13.0. The maximum absolute atomic E-state index is 13.0. The Morgan fingerprint density at radius 2 is 2.16 bits per heavy atom. The number of morpholine rings is 1. The standard InChI is InChI=1S/C24H30N6O2/c1-24(2)9-8-18-19(12-24)28-29-21(18)23(31)27-17-13-26-30(15-17)22(16-6-4-3-5-7-16)20-14-25-10-11-32-20/h3-7,13,15,20,22,25H,8-12,14H2,1-2H3,(H,27,31)(H,28,29)/t20-,22?/m0/s1. The first-order valence-electron chi connectivity index (χ1n) is 11.3. The molecule has 0 saturated carbocycles. The fraction of sp³-hybridized carbons (Fsp3) is 0.458. The van der Waals surface area contributed by atoms with Gasteiger partial charge in [-0.3, -0.25) is 14.6 Å². The minimum atomic E-state index is -0.200. The van der Waals surface area contributed by atoms with Gasteiger partial charge >= 0.3 is 0 Å². The van der Waals surface area contributed by atoms with Crippen molar-refractivity contribution in [2.45, 2.75) is 45.3 Å². The van der Waals surface area contributed by atoms with E-state index in [1.54, 1.807) is 6.20 Å². The Morgan fingerprint density at radius 3 is 2.94 bits per heavy atom. The molecule has 1 aliphatic heterocycles. The van der Waals surface area contributed by atoms with Crippen LogP contribution in [-0.2, 0) is 17.6 Å². The van der Waals surface area contributed by atoms with Crippen molar-refractivity contribution < 1.29 is 9.53 Å². The quantitative estimate of drug-likeness (QED) is 0.574. The number of anilines is 1. The summed E-state index contributed by atoms with van der Waals surface area (Å²) in [6.07, 6.45) is 6.34. The molecule has 2 aliphatic rings. The number of amides is 1. The van der Waals surface area contributed by atoms with Crippen molar-refractivity contribution >= 4 is 11.6 Å². The molecule has 1 aromatic carbocycles. The summed E-state index contributed by atoms with van der Waals surface area (Å²) in [6, 6.07) is 10.1. The second kappa shape index (κ2) is 8.52. The van der Waals surface area contributed by atoms with Crippen molar-refractivity contribution in [3.05, 3.63) is 65.2 Å². The van der Waals surface area contributed by atoms with Crippen molar-refractivity contribution in [3.8, 4) is 0 Å². The van der Waals surface area contributed by atoms with Crippen LogP contribution < -0.4 is 10.6 Å². The maximum Gasteiger partial charge on any atom is 0.276 e. The first-order valence-corrected chi connectivity index (χ1v) is 11.3. The number of ether oxygens (including phenoxy) is 1. The lowest BCUT2D eigenvalue weighted by molar-refractivity contribution is 0.00220. The molecule has 0 radical (unpaired) electrons. The molecule has 3 aromatic rings. The van der Waals surface area contributed by atoms with E-state index >= 15 is 0 Å². The summed E-state index contributed by atoms with van der Waals surface area (Å²) < 4.78 is 7.93. The highest BCUT2D eigenvalue weighted by atomic mass is 16.5. The molecule has 5 rings (SSSR count). The van der Waals surface area contributed by atoms with Crippen molar-refractivity contribution in [3.63, 3.8) is 0 Å². The first-order chi connectivity index (χ1) is 15.5. The predicted octanol–water partition coefficient (Wildman–Crippen LogP) is 2.95. The zero-order valence-electron chi connectivity index (χ0n) is 18.6. The number of fused-ring (bicyclic) bond motifs is 1. The van der Waals surface area contributed by atoms with Gasteiger partial charge in [-0.15, -0.1) is 0 Å². The number of aromatic nitrogens is 4. The van der Waals surface area contributed by atoms with E-state index in [0.717, 1.165) is 49.2 Å². The van der Waals surface area contributed by atoms with Gasteiger partial charge in [-0.1, -0.05) is 44.2 Å². The molecule has 2 aromatic heterocycles. The Labute approximate surface area is 187 Å². The van der Waals surface area contributed by atoms with Gasteiger partial charge in [0.05, 0.1) is 24.6 Å². The molecule has 1 aliphatic carbocycles. The van der Waals surface area contributed by atoms with Gasteiger partial charge in [-0.2, -0.15) is 10.2 Å². The molecular formula is C24H30N6O2. The van der Waals surface area contributed by atoms with Gasteiger partial charge in [0, 0.05) is 30.5 Å². The van der Waals surface area contributed by atoms with Gasteiger partial charge in [0.15, 0.2) is 5.69 Å². The van der Waals surface area contributed by atoms with E-state index in [4.69, 9.17) is 4.74 Å². The first kappa shape index (κ1) is 20.9. The third-order valence-electron chi connectivity index (χ3n) is 6.47. The van der Waals surface area contributed by atoms with Gasteiger partial charge in [0.2, 0.25) is 0 Å². The molecule has 168 valence electrons. The van der Waals surface area contributed by atoms with Crippen molar-refractivity contribution in [1.82, 2.24) is 25.3 Å². The van der Waals surface area contributed by atoms with Crippen molar-refractivity contribution in [2.75, 3.05) is 25.0 Å². The molecule has 1 saturated heterocycles. The number of benzene rings is 1. The molecule has 0 spiro atoms. The van der Waals surface area contributed by atoms with Crippen LogP contribution in [0, 0.1) is 5.41 Å². The third-order valence-corrected chi connectivity index (χ3v) is 6.47. The molecule has 1 fully saturated rings. The SMILES string of the molecule is CC1(C)CCc2c(C(=O)Nc3cnn(C(c4ccccc4)[C@@H]4CNCCO4)c3)n[nH]c2C1. The van der Waals surface area contributed by atoms with Crippen LogP contribution in [0.5, 0.6) is 0 Å². The molecule has 32 heavy (non-hydrogen) atoms. The lowest BCUT2D eigenvalue weighted by Gasteiger charge is -2.31. The Hall–Kier alpha value is -2.97. The van der Waals surface area contributed by atoms with Crippen molar-refractivity contribution in [2.24, 2.45) is 5.41 Å². The monoisotopic (exact) mass is 434 g/mol. The number of nitrogens with one attached hydrogen (secondary N) is 3. The number of aromatic amines is 1. The fourth-order valence-electron chi connectivity index (χ4n) is 4.76. The highest BCUT2D eigenvalue weighted by Crippen LogP contribution is 2.35. The van der Waals surface area contributed by atoms with Crippen LogP contribution in [0.4, 0.5) is 5.69 Å². The van der Waals surface area contributed by atoms with Crippen LogP contribution in [0.25, 0.3) is 0 Å². The zero-order chi connectivity index (χ0) is 22.1. The Kier molecular flexibility index (Phi) is 5.57. The minimum absolute atomic E-state index is 0.0451. The number of H-pyrrole nitrogens is 1. The van der Waals surface area contributed by atoms with Crippen LogP contribution >= 0.6 is 0 Å². The van der Waals surface area contributed by atoms with E-state index in [0.29, 0.717) is 18.0 Å². The summed E-state index contributed by atoms with van der Waals surface area (Å²) in [5, 5.41) is 18.4. The molecule has 1 amide bonds. The van der Waals surface area contributed by atoms with E-state index in [9.17, 15) is 4.79 Å². The third kappa shape index (κ3) is 4.20.